The van der Waals surface area contributed by atoms with E-state index in [1.807, 2.05) is 12.1 Å². The minimum absolute atomic E-state index is 0. The number of hydrogen-bond acceptors (Lipinski definition) is 4. The molecule has 1 fully saturated rings. The number of aliphatic imine (C=N–C) groups is 1. The Morgan fingerprint density at radius 2 is 2.04 bits per heavy atom. The molecule has 1 aromatic rings. The van der Waals surface area contributed by atoms with E-state index in [0.29, 0.717) is 12.5 Å². The standard InChI is InChI=1S/C16H25N3O3S.HI/c1-17-16(18-9-11-23(3,20)21)19-10-8-14(12-19)13-4-6-15(22-2)7-5-13;/h4-7,14H,8-12H2,1-3H3,(H,17,18);1H. The summed E-state index contributed by atoms with van der Waals surface area (Å²) in [5.74, 6) is 2.20. The Kier molecular flexibility index (Phi) is 8.28. The smallest absolute Gasteiger partial charge is 0.193 e. The first-order valence-corrected chi connectivity index (χ1v) is 9.76. The fourth-order valence-electron chi connectivity index (χ4n) is 2.78. The fraction of sp³-hybridized carbons (Fsp3) is 0.562. The first-order chi connectivity index (χ1) is 10.9. The molecule has 1 N–H and O–H groups in total. The van der Waals surface area contributed by atoms with E-state index in [1.165, 1.54) is 11.8 Å². The molecule has 1 aromatic carbocycles. The van der Waals surface area contributed by atoms with E-state index in [4.69, 9.17) is 4.74 Å². The van der Waals surface area contributed by atoms with Crippen LogP contribution in [0.25, 0.3) is 0 Å². The second kappa shape index (κ2) is 9.45. The van der Waals surface area contributed by atoms with Crippen molar-refractivity contribution in [2.24, 2.45) is 4.99 Å². The Balaban J connectivity index is 0.00000288. The summed E-state index contributed by atoms with van der Waals surface area (Å²) in [4.78, 5) is 6.44. The van der Waals surface area contributed by atoms with Gasteiger partial charge < -0.3 is 15.0 Å². The first-order valence-electron chi connectivity index (χ1n) is 7.70. The van der Waals surface area contributed by atoms with Gasteiger partial charge in [0.15, 0.2) is 5.96 Å². The number of hydrogen-bond donors (Lipinski definition) is 1. The lowest BCUT2D eigenvalue weighted by Crippen LogP contribution is -2.41. The van der Waals surface area contributed by atoms with Crippen molar-refractivity contribution >= 4 is 39.8 Å². The van der Waals surface area contributed by atoms with Crippen LogP contribution in [0.15, 0.2) is 29.3 Å². The Labute approximate surface area is 161 Å². The lowest BCUT2D eigenvalue weighted by molar-refractivity contribution is 0.414. The van der Waals surface area contributed by atoms with Gasteiger partial charge in [-0.2, -0.15) is 0 Å². The zero-order valence-corrected chi connectivity index (χ0v) is 17.5. The number of guanidine groups is 1. The molecule has 0 radical (unpaired) electrons. The van der Waals surface area contributed by atoms with Gasteiger partial charge in [0.2, 0.25) is 0 Å². The van der Waals surface area contributed by atoms with Crippen LogP contribution in [0.3, 0.4) is 0 Å². The third-order valence-corrected chi connectivity index (χ3v) is 4.99. The highest BCUT2D eigenvalue weighted by molar-refractivity contribution is 14.0. The molecule has 1 unspecified atom stereocenters. The van der Waals surface area contributed by atoms with Gasteiger partial charge in [0.1, 0.15) is 15.6 Å². The molecule has 1 atom stereocenters. The van der Waals surface area contributed by atoms with E-state index in [2.05, 4.69) is 27.3 Å². The Bertz CT molecular complexity index is 647. The van der Waals surface area contributed by atoms with Crippen molar-refractivity contribution in [1.82, 2.24) is 10.2 Å². The van der Waals surface area contributed by atoms with Gasteiger partial charge in [-0.05, 0) is 24.1 Å². The summed E-state index contributed by atoms with van der Waals surface area (Å²) in [6, 6.07) is 8.17. The van der Waals surface area contributed by atoms with E-state index >= 15 is 0 Å². The molecule has 0 amide bonds. The quantitative estimate of drug-likeness (QED) is 0.406. The number of sulfone groups is 1. The van der Waals surface area contributed by atoms with Crippen molar-refractivity contribution in [2.75, 3.05) is 45.8 Å². The zero-order valence-electron chi connectivity index (χ0n) is 14.4. The van der Waals surface area contributed by atoms with Crippen LogP contribution in [0.4, 0.5) is 0 Å². The molecule has 8 heteroatoms. The predicted molar refractivity (Wildman–Crippen MR) is 108 cm³/mol. The summed E-state index contributed by atoms with van der Waals surface area (Å²) in [6.45, 7) is 2.18. The van der Waals surface area contributed by atoms with Crippen molar-refractivity contribution in [3.8, 4) is 5.75 Å². The maximum atomic E-state index is 11.2. The summed E-state index contributed by atoms with van der Waals surface area (Å²) in [6.07, 6.45) is 2.30. The fourth-order valence-corrected chi connectivity index (χ4v) is 3.25. The SMILES string of the molecule is CN=C(NCCS(C)(=O)=O)N1CCC(c2ccc(OC)cc2)C1.I. The number of methoxy groups -OCH3 is 1. The van der Waals surface area contributed by atoms with Gasteiger partial charge in [-0.15, -0.1) is 24.0 Å². The summed E-state index contributed by atoms with van der Waals surface area (Å²) < 4.78 is 27.6. The van der Waals surface area contributed by atoms with E-state index in [0.717, 1.165) is 31.2 Å². The van der Waals surface area contributed by atoms with Crippen LogP contribution in [0.2, 0.25) is 0 Å². The number of nitrogens with zero attached hydrogens (tertiary/aromatic N) is 2. The van der Waals surface area contributed by atoms with E-state index in [-0.39, 0.29) is 29.7 Å². The van der Waals surface area contributed by atoms with Gasteiger partial charge in [0.05, 0.1) is 12.9 Å². The predicted octanol–water partition coefficient (Wildman–Crippen LogP) is 1.72. The summed E-state index contributed by atoms with van der Waals surface area (Å²) in [7, 11) is 0.431. The molecule has 1 saturated heterocycles. The van der Waals surface area contributed by atoms with Crippen LogP contribution in [0, 0.1) is 0 Å². The Hall–Kier alpha value is -1.03. The summed E-state index contributed by atoms with van der Waals surface area (Å²) in [5, 5.41) is 3.13. The van der Waals surface area contributed by atoms with E-state index < -0.39 is 9.84 Å². The minimum atomic E-state index is -2.96. The van der Waals surface area contributed by atoms with Crippen molar-refractivity contribution in [1.29, 1.82) is 0 Å². The minimum Gasteiger partial charge on any atom is -0.497 e. The third-order valence-electron chi connectivity index (χ3n) is 4.04. The Morgan fingerprint density at radius 1 is 1.38 bits per heavy atom. The van der Waals surface area contributed by atoms with E-state index in [1.54, 1.807) is 14.2 Å². The highest BCUT2D eigenvalue weighted by atomic mass is 127. The molecule has 0 bridgehead atoms. The number of likely N-dealkylation sites (tertiary alicyclic amines) is 1. The Morgan fingerprint density at radius 3 is 2.58 bits per heavy atom. The van der Waals surface area contributed by atoms with Crippen molar-refractivity contribution in [3.63, 3.8) is 0 Å². The normalized spacial score (nSPS) is 18.2. The molecule has 6 nitrogen and oxygen atoms in total. The zero-order chi connectivity index (χ0) is 16.9. The average Bonchev–Trinajstić information content (AvgIpc) is 3.00. The average molecular weight is 467 g/mol. The molecule has 0 aliphatic carbocycles. The number of nitrogens with one attached hydrogen (secondary N) is 1. The van der Waals surface area contributed by atoms with Crippen LogP contribution in [0.1, 0.15) is 17.9 Å². The number of halogens is 1. The molecule has 1 heterocycles. The van der Waals surface area contributed by atoms with Gasteiger partial charge in [0, 0.05) is 38.9 Å². The van der Waals surface area contributed by atoms with Gasteiger partial charge in [0.25, 0.3) is 0 Å². The third kappa shape index (κ3) is 6.12. The molecular weight excluding hydrogens is 441 g/mol. The second-order valence-corrected chi connectivity index (χ2v) is 8.07. The second-order valence-electron chi connectivity index (χ2n) is 5.81. The van der Waals surface area contributed by atoms with Crippen LogP contribution in [0.5, 0.6) is 5.75 Å². The molecule has 0 spiro atoms. The topological polar surface area (TPSA) is 71.0 Å². The molecule has 24 heavy (non-hydrogen) atoms. The van der Waals surface area contributed by atoms with Crippen LogP contribution in [-0.4, -0.2) is 65.1 Å². The largest absolute Gasteiger partial charge is 0.497 e. The van der Waals surface area contributed by atoms with Gasteiger partial charge >= 0.3 is 0 Å². The van der Waals surface area contributed by atoms with Gasteiger partial charge in [-0.25, -0.2) is 8.42 Å². The monoisotopic (exact) mass is 467 g/mol. The summed E-state index contributed by atoms with van der Waals surface area (Å²) in [5.41, 5.74) is 1.29. The molecular formula is C16H26IN3O3S. The highest BCUT2D eigenvalue weighted by Crippen LogP contribution is 2.28. The van der Waals surface area contributed by atoms with Crippen molar-refractivity contribution < 1.29 is 13.2 Å². The first kappa shape index (κ1) is 21.0. The van der Waals surface area contributed by atoms with Gasteiger partial charge in [-0.1, -0.05) is 12.1 Å². The van der Waals surface area contributed by atoms with Crippen molar-refractivity contribution in [3.05, 3.63) is 29.8 Å². The highest BCUT2D eigenvalue weighted by Gasteiger charge is 2.26. The number of benzene rings is 1. The van der Waals surface area contributed by atoms with Crippen LogP contribution >= 0.6 is 24.0 Å². The van der Waals surface area contributed by atoms with Crippen LogP contribution in [-0.2, 0) is 9.84 Å². The number of ether oxygens (including phenoxy) is 1. The maximum absolute atomic E-state index is 11.2. The molecule has 1 aliphatic heterocycles. The van der Waals surface area contributed by atoms with Crippen molar-refractivity contribution in [2.45, 2.75) is 12.3 Å². The van der Waals surface area contributed by atoms with E-state index in [9.17, 15) is 8.42 Å². The molecule has 136 valence electrons. The molecule has 0 saturated carbocycles. The lowest BCUT2D eigenvalue weighted by atomic mass is 9.98. The molecule has 1 aliphatic rings. The molecule has 2 rings (SSSR count). The molecule has 0 aromatic heterocycles. The summed E-state index contributed by atoms with van der Waals surface area (Å²) >= 11 is 0. The number of rotatable bonds is 5. The maximum Gasteiger partial charge on any atom is 0.193 e. The lowest BCUT2D eigenvalue weighted by Gasteiger charge is -2.21. The van der Waals surface area contributed by atoms with Crippen LogP contribution < -0.4 is 10.1 Å². The van der Waals surface area contributed by atoms with Gasteiger partial charge in [-0.3, -0.25) is 4.99 Å².